The normalized spacial score (nSPS) is 11.9. The van der Waals surface area contributed by atoms with E-state index in [0.29, 0.717) is 19.6 Å². The maximum Gasteiger partial charge on any atom is 0.137 e. The lowest BCUT2D eigenvalue weighted by Crippen LogP contribution is -2.06. The van der Waals surface area contributed by atoms with Gasteiger partial charge < -0.3 is 14.3 Å². The summed E-state index contributed by atoms with van der Waals surface area (Å²) in [5.74, 6) is 1.58. The average Bonchev–Trinajstić information content (AvgIpc) is 2.63. The molecule has 3 aromatic rings. The summed E-state index contributed by atoms with van der Waals surface area (Å²) >= 11 is 0. The molecule has 0 saturated carbocycles. The molecular formula is C21H23NO3. The van der Waals surface area contributed by atoms with Crippen molar-refractivity contribution in [2.75, 3.05) is 19.8 Å². The van der Waals surface area contributed by atoms with E-state index in [-0.39, 0.29) is 6.61 Å². The van der Waals surface area contributed by atoms with E-state index < -0.39 is 0 Å². The minimum absolute atomic E-state index is 0.133. The summed E-state index contributed by atoms with van der Waals surface area (Å²) in [6, 6.07) is 16.0. The first-order valence-corrected chi connectivity index (χ1v) is 8.60. The number of aryl methyl sites for hydroxylation is 1. The SMILES string of the molecule is CCOc1ccc2oc(-c3ccc(C)cc3)cc(=NCCCO)c2c1. The van der Waals surface area contributed by atoms with E-state index in [4.69, 9.17) is 14.3 Å². The van der Waals surface area contributed by atoms with Crippen LogP contribution in [0.3, 0.4) is 0 Å². The van der Waals surface area contributed by atoms with Crippen molar-refractivity contribution in [2.45, 2.75) is 20.3 Å². The molecule has 4 heteroatoms. The lowest BCUT2D eigenvalue weighted by atomic mass is 10.1. The van der Waals surface area contributed by atoms with E-state index >= 15 is 0 Å². The predicted molar refractivity (Wildman–Crippen MR) is 99.7 cm³/mol. The molecule has 130 valence electrons. The first kappa shape index (κ1) is 17.2. The molecular weight excluding hydrogens is 314 g/mol. The Hall–Kier alpha value is -2.59. The van der Waals surface area contributed by atoms with Crippen LogP contribution in [0.4, 0.5) is 0 Å². The number of benzene rings is 2. The van der Waals surface area contributed by atoms with E-state index in [9.17, 15) is 0 Å². The molecule has 0 amide bonds. The van der Waals surface area contributed by atoms with Gasteiger partial charge in [0.2, 0.25) is 0 Å². The van der Waals surface area contributed by atoms with Crippen LogP contribution in [0.1, 0.15) is 18.9 Å². The van der Waals surface area contributed by atoms with Crippen LogP contribution in [0.5, 0.6) is 5.75 Å². The molecule has 0 unspecified atom stereocenters. The number of ether oxygens (including phenoxy) is 1. The maximum atomic E-state index is 9.03. The third-order valence-corrected chi connectivity index (χ3v) is 3.96. The van der Waals surface area contributed by atoms with Crippen LogP contribution in [0.2, 0.25) is 0 Å². The van der Waals surface area contributed by atoms with Crippen molar-refractivity contribution in [2.24, 2.45) is 4.99 Å². The zero-order valence-electron chi connectivity index (χ0n) is 14.7. The molecule has 0 fully saturated rings. The summed E-state index contributed by atoms with van der Waals surface area (Å²) in [6.45, 7) is 5.34. The van der Waals surface area contributed by atoms with E-state index in [1.54, 1.807) is 0 Å². The fourth-order valence-electron chi connectivity index (χ4n) is 2.67. The lowest BCUT2D eigenvalue weighted by molar-refractivity contribution is 0.291. The minimum atomic E-state index is 0.133. The predicted octanol–water partition coefficient (Wildman–Crippen LogP) is 4.09. The van der Waals surface area contributed by atoms with E-state index in [1.807, 2.05) is 43.3 Å². The molecule has 0 aliphatic carbocycles. The Labute approximate surface area is 147 Å². The molecule has 0 atom stereocenters. The van der Waals surface area contributed by atoms with E-state index in [2.05, 4.69) is 24.0 Å². The Bertz CT molecular complexity index is 911. The third-order valence-electron chi connectivity index (χ3n) is 3.96. The van der Waals surface area contributed by atoms with Crippen molar-refractivity contribution in [3.05, 3.63) is 59.5 Å². The maximum absolute atomic E-state index is 9.03. The van der Waals surface area contributed by atoms with Crippen molar-refractivity contribution < 1.29 is 14.3 Å². The van der Waals surface area contributed by atoms with Gasteiger partial charge in [-0.05, 0) is 38.5 Å². The van der Waals surface area contributed by atoms with Crippen LogP contribution < -0.4 is 10.1 Å². The Balaban J connectivity index is 2.15. The highest BCUT2D eigenvalue weighted by atomic mass is 16.5. The Morgan fingerprint density at radius 3 is 2.60 bits per heavy atom. The first-order chi connectivity index (χ1) is 12.2. The van der Waals surface area contributed by atoms with E-state index in [0.717, 1.165) is 33.4 Å². The fourth-order valence-corrected chi connectivity index (χ4v) is 2.67. The molecule has 25 heavy (non-hydrogen) atoms. The van der Waals surface area contributed by atoms with Gasteiger partial charge in [0.1, 0.15) is 17.1 Å². The lowest BCUT2D eigenvalue weighted by Gasteiger charge is -2.08. The summed E-state index contributed by atoms with van der Waals surface area (Å²) in [4.78, 5) is 4.65. The zero-order chi connectivity index (χ0) is 17.6. The molecule has 1 heterocycles. The highest BCUT2D eigenvalue weighted by Gasteiger charge is 2.07. The van der Waals surface area contributed by atoms with Crippen LogP contribution in [0, 0.1) is 6.92 Å². The van der Waals surface area contributed by atoms with Gasteiger partial charge in [-0.2, -0.15) is 0 Å². The van der Waals surface area contributed by atoms with Gasteiger partial charge >= 0.3 is 0 Å². The molecule has 2 aromatic carbocycles. The molecule has 1 N–H and O–H groups in total. The van der Waals surface area contributed by atoms with Crippen LogP contribution in [-0.2, 0) is 0 Å². The number of hydrogen-bond donors (Lipinski definition) is 1. The number of aliphatic hydroxyl groups excluding tert-OH is 1. The van der Waals surface area contributed by atoms with Gasteiger partial charge in [-0.1, -0.05) is 29.8 Å². The summed E-state index contributed by atoms with van der Waals surface area (Å²) in [7, 11) is 0. The summed E-state index contributed by atoms with van der Waals surface area (Å²) in [6.07, 6.45) is 0.637. The second-order valence-corrected chi connectivity index (χ2v) is 5.91. The average molecular weight is 337 g/mol. The van der Waals surface area contributed by atoms with Crippen molar-refractivity contribution >= 4 is 11.0 Å². The van der Waals surface area contributed by atoms with Gasteiger partial charge in [0.05, 0.1) is 12.0 Å². The second kappa shape index (κ2) is 7.99. The standard InChI is InChI=1S/C21H23NO3/c1-3-24-17-9-10-20-18(13-17)19(22-11-4-12-23)14-21(25-20)16-7-5-15(2)6-8-16/h5-10,13-14,23H,3-4,11-12H2,1-2H3. The third kappa shape index (κ3) is 4.09. The number of aliphatic hydroxyl groups is 1. The Morgan fingerprint density at radius 2 is 1.88 bits per heavy atom. The highest BCUT2D eigenvalue weighted by Crippen LogP contribution is 2.25. The minimum Gasteiger partial charge on any atom is -0.494 e. The molecule has 0 bridgehead atoms. The quantitative estimate of drug-likeness (QED) is 0.689. The molecule has 0 radical (unpaired) electrons. The largest absolute Gasteiger partial charge is 0.494 e. The van der Waals surface area contributed by atoms with Crippen molar-refractivity contribution in [1.29, 1.82) is 0 Å². The molecule has 3 rings (SSSR count). The van der Waals surface area contributed by atoms with Gasteiger partial charge in [-0.3, -0.25) is 4.99 Å². The van der Waals surface area contributed by atoms with Gasteiger partial charge in [0, 0.05) is 30.2 Å². The van der Waals surface area contributed by atoms with Gasteiger partial charge in [0.15, 0.2) is 0 Å². The number of fused-ring (bicyclic) bond motifs is 1. The van der Waals surface area contributed by atoms with Gasteiger partial charge in [0.25, 0.3) is 0 Å². The zero-order valence-corrected chi connectivity index (χ0v) is 14.7. The fraction of sp³-hybridized carbons (Fsp3) is 0.286. The van der Waals surface area contributed by atoms with Crippen LogP contribution >= 0.6 is 0 Å². The molecule has 0 aliphatic heterocycles. The number of hydrogen-bond acceptors (Lipinski definition) is 4. The molecule has 4 nitrogen and oxygen atoms in total. The Kier molecular flexibility index (Phi) is 5.51. The van der Waals surface area contributed by atoms with Crippen molar-refractivity contribution in [3.63, 3.8) is 0 Å². The van der Waals surface area contributed by atoms with Gasteiger partial charge in [-0.15, -0.1) is 0 Å². The smallest absolute Gasteiger partial charge is 0.137 e. The van der Waals surface area contributed by atoms with Crippen LogP contribution in [0.25, 0.3) is 22.3 Å². The summed E-state index contributed by atoms with van der Waals surface area (Å²) in [5.41, 5.74) is 2.99. The Morgan fingerprint density at radius 1 is 1.08 bits per heavy atom. The summed E-state index contributed by atoms with van der Waals surface area (Å²) < 4.78 is 11.7. The first-order valence-electron chi connectivity index (χ1n) is 8.60. The highest BCUT2D eigenvalue weighted by molar-refractivity contribution is 5.80. The summed E-state index contributed by atoms with van der Waals surface area (Å²) in [5, 5.41) is 10.8. The molecule has 1 aromatic heterocycles. The van der Waals surface area contributed by atoms with Crippen LogP contribution in [0.15, 0.2) is 57.9 Å². The van der Waals surface area contributed by atoms with Crippen molar-refractivity contribution in [1.82, 2.24) is 0 Å². The van der Waals surface area contributed by atoms with Gasteiger partial charge in [-0.25, -0.2) is 0 Å². The van der Waals surface area contributed by atoms with Crippen molar-refractivity contribution in [3.8, 4) is 17.1 Å². The van der Waals surface area contributed by atoms with E-state index in [1.165, 1.54) is 5.56 Å². The monoisotopic (exact) mass is 337 g/mol. The topological polar surface area (TPSA) is 55.0 Å². The molecule has 0 aliphatic rings. The number of nitrogens with zero attached hydrogens (tertiary/aromatic N) is 1. The van der Waals surface area contributed by atoms with Crippen LogP contribution in [-0.4, -0.2) is 24.9 Å². The second-order valence-electron chi connectivity index (χ2n) is 5.91. The molecule has 0 saturated heterocycles. The number of rotatable bonds is 6. The molecule has 0 spiro atoms.